The van der Waals surface area contributed by atoms with Crippen LogP contribution in [-0.2, 0) is 11.3 Å². The van der Waals surface area contributed by atoms with E-state index in [-0.39, 0.29) is 12.0 Å². The lowest BCUT2D eigenvalue weighted by Gasteiger charge is -2.21. The van der Waals surface area contributed by atoms with E-state index in [2.05, 4.69) is 32.0 Å². The van der Waals surface area contributed by atoms with E-state index in [9.17, 15) is 0 Å². The maximum absolute atomic E-state index is 9.10. The summed E-state index contributed by atoms with van der Waals surface area (Å²) >= 11 is 0. The lowest BCUT2D eigenvalue weighted by molar-refractivity contribution is 0.0197. The summed E-state index contributed by atoms with van der Waals surface area (Å²) in [7, 11) is 0. The molecular formula is C14H22O2. The summed E-state index contributed by atoms with van der Waals surface area (Å²) in [4.78, 5) is 0. The van der Waals surface area contributed by atoms with Gasteiger partial charge in [-0.1, -0.05) is 43.2 Å². The Morgan fingerprint density at radius 2 is 1.69 bits per heavy atom. The molecule has 0 atom stereocenters. The van der Waals surface area contributed by atoms with Crippen LogP contribution in [0.4, 0.5) is 0 Å². The summed E-state index contributed by atoms with van der Waals surface area (Å²) in [5, 5.41) is 9.10. The molecule has 1 rings (SSSR count). The smallest absolute Gasteiger partial charge is 0.0717 e. The zero-order chi connectivity index (χ0) is 12.2. The van der Waals surface area contributed by atoms with Crippen LogP contribution < -0.4 is 0 Å². The Hall–Kier alpha value is -0.860. The van der Waals surface area contributed by atoms with Gasteiger partial charge in [0.05, 0.1) is 19.8 Å². The van der Waals surface area contributed by atoms with Crippen molar-refractivity contribution in [2.24, 2.45) is 5.41 Å². The molecule has 2 nitrogen and oxygen atoms in total. The molecule has 0 saturated carbocycles. The molecule has 0 aliphatic heterocycles. The van der Waals surface area contributed by atoms with E-state index in [4.69, 9.17) is 9.84 Å². The Bertz CT molecular complexity index is 322. The molecule has 0 unspecified atom stereocenters. The Morgan fingerprint density at radius 1 is 1.12 bits per heavy atom. The standard InChI is InChI=1S/C14H22O2/c1-11-5-12(2)7-13(6-11)8-16-10-14(3,4)9-15/h5-7,15H,8-10H2,1-4H3. The molecule has 0 amide bonds. The highest BCUT2D eigenvalue weighted by atomic mass is 16.5. The van der Waals surface area contributed by atoms with Crippen molar-refractivity contribution in [3.63, 3.8) is 0 Å². The van der Waals surface area contributed by atoms with Crippen molar-refractivity contribution in [2.45, 2.75) is 34.3 Å². The molecule has 90 valence electrons. The first-order chi connectivity index (χ1) is 7.43. The fraction of sp³-hybridized carbons (Fsp3) is 0.571. The van der Waals surface area contributed by atoms with Crippen LogP contribution in [0.5, 0.6) is 0 Å². The number of ether oxygens (including phenoxy) is 1. The summed E-state index contributed by atoms with van der Waals surface area (Å²) in [5.74, 6) is 0. The number of rotatable bonds is 5. The molecule has 0 bridgehead atoms. The first-order valence-electron chi connectivity index (χ1n) is 5.69. The second-order valence-corrected chi connectivity index (χ2v) is 5.31. The van der Waals surface area contributed by atoms with Crippen LogP contribution in [0.25, 0.3) is 0 Å². The van der Waals surface area contributed by atoms with Crippen LogP contribution >= 0.6 is 0 Å². The Balaban J connectivity index is 2.49. The van der Waals surface area contributed by atoms with E-state index >= 15 is 0 Å². The lowest BCUT2D eigenvalue weighted by atomic mass is 9.96. The third-order valence-electron chi connectivity index (χ3n) is 2.47. The molecule has 2 heteroatoms. The van der Waals surface area contributed by atoms with Gasteiger partial charge in [-0.25, -0.2) is 0 Å². The van der Waals surface area contributed by atoms with E-state index in [1.54, 1.807) is 0 Å². The summed E-state index contributed by atoms with van der Waals surface area (Å²) in [6.45, 7) is 9.52. The molecule has 0 aromatic heterocycles. The van der Waals surface area contributed by atoms with Crippen LogP contribution in [0.1, 0.15) is 30.5 Å². The fourth-order valence-corrected chi connectivity index (χ4v) is 1.64. The zero-order valence-corrected chi connectivity index (χ0v) is 10.7. The average molecular weight is 222 g/mol. The number of aryl methyl sites for hydroxylation is 2. The molecule has 0 radical (unpaired) electrons. The first kappa shape index (κ1) is 13.2. The SMILES string of the molecule is Cc1cc(C)cc(COCC(C)(C)CO)c1. The zero-order valence-electron chi connectivity index (χ0n) is 10.7. The summed E-state index contributed by atoms with van der Waals surface area (Å²) in [5.41, 5.74) is 3.57. The van der Waals surface area contributed by atoms with Crippen LogP contribution in [0, 0.1) is 19.3 Å². The van der Waals surface area contributed by atoms with E-state index in [0.717, 1.165) is 0 Å². The molecule has 0 heterocycles. The van der Waals surface area contributed by atoms with Crippen LogP contribution in [0.3, 0.4) is 0 Å². The van der Waals surface area contributed by atoms with E-state index in [0.29, 0.717) is 13.2 Å². The van der Waals surface area contributed by atoms with Gasteiger partial charge in [0, 0.05) is 5.41 Å². The predicted molar refractivity (Wildman–Crippen MR) is 66.4 cm³/mol. The van der Waals surface area contributed by atoms with Gasteiger partial charge in [0.1, 0.15) is 0 Å². The first-order valence-corrected chi connectivity index (χ1v) is 5.69. The molecule has 0 spiro atoms. The minimum atomic E-state index is -0.154. The molecular weight excluding hydrogens is 200 g/mol. The fourth-order valence-electron chi connectivity index (χ4n) is 1.64. The van der Waals surface area contributed by atoms with Crippen LogP contribution in [0.15, 0.2) is 18.2 Å². The van der Waals surface area contributed by atoms with Gasteiger partial charge in [-0.3, -0.25) is 0 Å². The maximum atomic E-state index is 9.10. The van der Waals surface area contributed by atoms with Gasteiger partial charge in [-0.15, -0.1) is 0 Å². The van der Waals surface area contributed by atoms with E-state index < -0.39 is 0 Å². The molecule has 1 aromatic rings. The van der Waals surface area contributed by atoms with Gasteiger partial charge >= 0.3 is 0 Å². The Kier molecular flexibility index (Phi) is 4.51. The summed E-state index contributed by atoms with van der Waals surface area (Å²) < 4.78 is 5.63. The number of hydrogen-bond donors (Lipinski definition) is 1. The highest BCUT2D eigenvalue weighted by Gasteiger charge is 2.16. The van der Waals surface area contributed by atoms with Crippen LogP contribution in [-0.4, -0.2) is 18.3 Å². The summed E-state index contributed by atoms with van der Waals surface area (Å²) in [6, 6.07) is 6.43. The molecule has 1 aromatic carbocycles. The Labute approximate surface area is 98.3 Å². The van der Waals surface area contributed by atoms with Gasteiger partial charge in [-0.2, -0.15) is 0 Å². The minimum Gasteiger partial charge on any atom is -0.396 e. The largest absolute Gasteiger partial charge is 0.396 e. The molecule has 1 N–H and O–H groups in total. The van der Waals surface area contributed by atoms with Crippen molar-refractivity contribution < 1.29 is 9.84 Å². The molecule has 0 aliphatic rings. The molecule has 16 heavy (non-hydrogen) atoms. The third-order valence-corrected chi connectivity index (χ3v) is 2.47. The van der Waals surface area contributed by atoms with E-state index in [1.165, 1.54) is 16.7 Å². The quantitative estimate of drug-likeness (QED) is 0.830. The maximum Gasteiger partial charge on any atom is 0.0717 e. The second kappa shape index (κ2) is 5.46. The highest BCUT2D eigenvalue weighted by molar-refractivity contribution is 5.27. The normalized spacial score (nSPS) is 11.8. The van der Waals surface area contributed by atoms with Crippen LogP contribution in [0.2, 0.25) is 0 Å². The van der Waals surface area contributed by atoms with Crippen molar-refractivity contribution in [1.29, 1.82) is 0 Å². The minimum absolute atomic E-state index is 0.153. The monoisotopic (exact) mass is 222 g/mol. The van der Waals surface area contributed by atoms with Crippen molar-refractivity contribution in [2.75, 3.05) is 13.2 Å². The van der Waals surface area contributed by atoms with Crippen molar-refractivity contribution in [3.05, 3.63) is 34.9 Å². The van der Waals surface area contributed by atoms with Gasteiger partial charge in [0.25, 0.3) is 0 Å². The van der Waals surface area contributed by atoms with Crippen molar-refractivity contribution >= 4 is 0 Å². The van der Waals surface area contributed by atoms with Gasteiger partial charge < -0.3 is 9.84 Å². The Morgan fingerprint density at radius 3 is 2.19 bits per heavy atom. The number of aliphatic hydroxyl groups is 1. The van der Waals surface area contributed by atoms with Crippen molar-refractivity contribution in [1.82, 2.24) is 0 Å². The van der Waals surface area contributed by atoms with Gasteiger partial charge in [-0.05, 0) is 19.4 Å². The number of aliphatic hydroxyl groups excluding tert-OH is 1. The van der Waals surface area contributed by atoms with Gasteiger partial charge in [0.15, 0.2) is 0 Å². The molecule has 0 fully saturated rings. The molecule has 0 saturated heterocycles. The van der Waals surface area contributed by atoms with E-state index in [1.807, 2.05) is 13.8 Å². The summed E-state index contributed by atoms with van der Waals surface area (Å²) in [6.07, 6.45) is 0. The van der Waals surface area contributed by atoms with Crippen molar-refractivity contribution in [3.8, 4) is 0 Å². The number of benzene rings is 1. The average Bonchev–Trinajstić information content (AvgIpc) is 2.16. The lowest BCUT2D eigenvalue weighted by Crippen LogP contribution is -2.23. The molecule has 0 aliphatic carbocycles. The third kappa shape index (κ3) is 4.33. The number of hydrogen-bond acceptors (Lipinski definition) is 2. The highest BCUT2D eigenvalue weighted by Crippen LogP contribution is 2.16. The topological polar surface area (TPSA) is 29.5 Å². The predicted octanol–water partition coefficient (Wildman–Crippen LogP) is 2.84. The van der Waals surface area contributed by atoms with Gasteiger partial charge in [0.2, 0.25) is 0 Å². The second-order valence-electron chi connectivity index (χ2n) is 5.31.